The number of hydrogen-bond acceptors (Lipinski definition) is 4. The van der Waals surface area contributed by atoms with Gasteiger partial charge in [0.05, 0.1) is 6.26 Å². The minimum Gasteiger partial charge on any atom is -0.351 e. The first-order chi connectivity index (χ1) is 12.2. The van der Waals surface area contributed by atoms with Crippen molar-refractivity contribution in [3.63, 3.8) is 0 Å². The highest BCUT2D eigenvalue weighted by Gasteiger charge is 2.28. The fourth-order valence-corrected chi connectivity index (χ4v) is 4.06. The van der Waals surface area contributed by atoms with Gasteiger partial charge in [0.15, 0.2) is 0 Å². The Bertz CT molecular complexity index is 761. The molecule has 9 heteroatoms. The minimum absolute atomic E-state index is 0.122. The lowest BCUT2D eigenvalue weighted by atomic mass is 10.0. The zero-order valence-corrected chi connectivity index (χ0v) is 16.4. The molecule has 2 amide bonds. The van der Waals surface area contributed by atoms with Gasteiger partial charge in [-0.05, 0) is 24.5 Å². The van der Waals surface area contributed by atoms with Crippen molar-refractivity contribution in [3.05, 3.63) is 34.9 Å². The molecule has 26 heavy (non-hydrogen) atoms. The fourth-order valence-electron chi connectivity index (χ4n) is 2.97. The second-order valence-corrected chi connectivity index (χ2v) is 8.88. The van der Waals surface area contributed by atoms with Gasteiger partial charge in [0.25, 0.3) is 0 Å². The topological polar surface area (TPSA) is 95.6 Å². The van der Waals surface area contributed by atoms with Crippen LogP contribution in [0.25, 0.3) is 0 Å². The summed E-state index contributed by atoms with van der Waals surface area (Å²) in [5.41, 5.74) is 0.773. The van der Waals surface area contributed by atoms with Crippen molar-refractivity contribution in [2.24, 2.45) is 0 Å². The molecule has 1 saturated heterocycles. The third kappa shape index (κ3) is 5.96. The summed E-state index contributed by atoms with van der Waals surface area (Å²) in [6.07, 6.45) is 2.55. The highest BCUT2D eigenvalue weighted by Crippen LogP contribution is 2.18. The number of rotatable bonds is 6. The van der Waals surface area contributed by atoms with Crippen LogP contribution in [0.15, 0.2) is 24.3 Å². The average molecular weight is 402 g/mol. The molecule has 2 rings (SSSR count). The molecule has 1 aromatic carbocycles. The standard InChI is InChI=1S/C17H24ClN3O4S/c1-12(22)19-16(11-13-5-3-4-6-15(13)18)17(23)20-14-7-9-21(10-8-14)26(2,24)25/h3-6,14,16H,7-11H2,1-2H3,(H,19,22)(H,20,23). The highest BCUT2D eigenvalue weighted by molar-refractivity contribution is 7.88. The maximum Gasteiger partial charge on any atom is 0.243 e. The molecule has 0 saturated carbocycles. The summed E-state index contributed by atoms with van der Waals surface area (Å²) < 4.78 is 24.5. The molecule has 0 spiro atoms. The molecule has 7 nitrogen and oxygen atoms in total. The minimum atomic E-state index is -3.21. The van der Waals surface area contributed by atoms with E-state index >= 15 is 0 Å². The summed E-state index contributed by atoms with van der Waals surface area (Å²) in [5, 5.41) is 6.12. The van der Waals surface area contributed by atoms with E-state index in [1.54, 1.807) is 12.1 Å². The van der Waals surface area contributed by atoms with Crippen LogP contribution in [0.1, 0.15) is 25.3 Å². The predicted molar refractivity (Wildman–Crippen MR) is 100 cm³/mol. The van der Waals surface area contributed by atoms with Gasteiger partial charge in [-0.3, -0.25) is 9.59 Å². The number of hydrogen-bond donors (Lipinski definition) is 2. The van der Waals surface area contributed by atoms with E-state index in [4.69, 9.17) is 11.6 Å². The van der Waals surface area contributed by atoms with Crippen LogP contribution >= 0.6 is 11.6 Å². The Morgan fingerprint density at radius 3 is 2.42 bits per heavy atom. The van der Waals surface area contributed by atoms with Gasteiger partial charge in [-0.15, -0.1) is 0 Å². The van der Waals surface area contributed by atoms with E-state index in [9.17, 15) is 18.0 Å². The number of piperidine rings is 1. The van der Waals surface area contributed by atoms with Gasteiger partial charge in [-0.2, -0.15) is 0 Å². The van der Waals surface area contributed by atoms with Crippen LogP contribution in [0, 0.1) is 0 Å². The molecule has 0 radical (unpaired) electrons. The highest BCUT2D eigenvalue weighted by atomic mass is 35.5. The van der Waals surface area contributed by atoms with Crippen LogP contribution in [0.4, 0.5) is 0 Å². The second-order valence-electron chi connectivity index (χ2n) is 6.49. The van der Waals surface area contributed by atoms with E-state index in [-0.39, 0.29) is 24.3 Å². The number of carbonyl (C=O) groups is 2. The molecule has 2 N–H and O–H groups in total. The number of nitrogens with zero attached hydrogens (tertiary/aromatic N) is 1. The Labute approximate surface area is 159 Å². The fraction of sp³-hybridized carbons (Fsp3) is 0.529. The second kappa shape index (κ2) is 8.83. The van der Waals surface area contributed by atoms with E-state index in [1.807, 2.05) is 12.1 Å². The maximum absolute atomic E-state index is 12.6. The van der Waals surface area contributed by atoms with Gasteiger partial charge in [0.1, 0.15) is 6.04 Å². The third-order valence-electron chi connectivity index (χ3n) is 4.35. The van der Waals surface area contributed by atoms with Crippen LogP contribution in [-0.4, -0.2) is 56.0 Å². The SMILES string of the molecule is CC(=O)NC(Cc1ccccc1Cl)C(=O)NC1CCN(S(C)(=O)=O)CC1. The first-order valence-electron chi connectivity index (χ1n) is 8.43. The number of sulfonamides is 1. The normalized spacial score (nSPS) is 17.5. The summed E-state index contributed by atoms with van der Waals surface area (Å²) in [6.45, 7) is 2.11. The summed E-state index contributed by atoms with van der Waals surface area (Å²) in [5.74, 6) is -0.595. The van der Waals surface area contributed by atoms with Crippen LogP contribution in [0.5, 0.6) is 0 Å². The van der Waals surface area contributed by atoms with E-state index in [2.05, 4.69) is 10.6 Å². The largest absolute Gasteiger partial charge is 0.351 e. The lowest BCUT2D eigenvalue weighted by Crippen LogP contribution is -2.53. The van der Waals surface area contributed by atoms with Crippen molar-refractivity contribution < 1.29 is 18.0 Å². The predicted octanol–water partition coefficient (Wildman–Crippen LogP) is 0.927. The Morgan fingerprint density at radius 2 is 1.88 bits per heavy atom. The van der Waals surface area contributed by atoms with Crippen LogP contribution < -0.4 is 10.6 Å². The van der Waals surface area contributed by atoms with E-state index in [0.717, 1.165) is 5.56 Å². The van der Waals surface area contributed by atoms with Crippen molar-refractivity contribution in [3.8, 4) is 0 Å². The van der Waals surface area contributed by atoms with Crippen molar-refractivity contribution in [1.29, 1.82) is 0 Å². The zero-order valence-electron chi connectivity index (χ0n) is 14.9. The molecule has 1 aliphatic heterocycles. The van der Waals surface area contributed by atoms with Gasteiger partial charge in [0.2, 0.25) is 21.8 Å². The summed E-state index contributed by atoms with van der Waals surface area (Å²) in [4.78, 5) is 24.1. The van der Waals surface area contributed by atoms with Gasteiger partial charge >= 0.3 is 0 Å². The molecule has 0 bridgehead atoms. The summed E-state index contributed by atoms with van der Waals surface area (Å²) in [7, 11) is -3.21. The Balaban J connectivity index is 1.99. The molecule has 0 aliphatic carbocycles. The molecular weight excluding hydrogens is 378 g/mol. The summed E-state index contributed by atoms with van der Waals surface area (Å²) in [6, 6.07) is 6.32. The molecule has 1 unspecified atom stereocenters. The van der Waals surface area contributed by atoms with Crippen molar-refractivity contribution >= 4 is 33.4 Å². The van der Waals surface area contributed by atoms with E-state index < -0.39 is 16.1 Å². The number of amides is 2. The number of benzene rings is 1. The molecule has 1 aromatic rings. The zero-order chi connectivity index (χ0) is 19.3. The molecular formula is C17H24ClN3O4S. The number of halogens is 1. The van der Waals surface area contributed by atoms with E-state index in [0.29, 0.717) is 31.0 Å². The molecule has 0 aromatic heterocycles. The summed E-state index contributed by atoms with van der Waals surface area (Å²) >= 11 is 6.15. The van der Waals surface area contributed by atoms with Crippen LogP contribution in [0.3, 0.4) is 0 Å². The quantitative estimate of drug-likeness (QED) is 0.741. The van der Waals surface area contributed by atoms with Crippen LogP contribution in [-0.2, 0) is 26.0 Å². The van der Waals surface area contributed by atoms with Gasteiger partial charge in [-0.1, -0.05) is 29.8 Å². The van der Waals surface area contributed by atoms with Crippen molar-refractivity contribution in [2.75, 3.05) is 19.3 Å². The van der Waals surface area contributed by atoms with Gasteiger partial charge < -0.3 is 10.6 Å². The molecule has 1 aliphatic rings. The smallest absolute Gasteiger partial charge is 0.243 e. The van der Waals surface area contributed by atoms with Gasteiger partial charge in [0, 0.05) is 37.5 Å². The Kier molecular flexibility index (Phi) is 7.02. The molecule has 144 valence electrons. The Hall–Kier alpha value is -1.64. The Morgan fingerprint density at radius 1 is 1.27 bits per heavy atom. The average Bonchev–Trinajstić information content (AvgIpc) is 2.55. The molecule has 1 heterocycles. The van der Waals surface area contributed by atoms with E-state index in [1.165, 1.54) is 17.5 Å². The van der Waals surface area contributed by atoms with Crippen LogP contribution in [0.2, 0.25) is 5.02 Å². The third-order valence-corrected chi connectivity index (χ3v) is 6.02. The molecule has 1 fully saturated rings. The lowest BCUT2D eigenvalue weighted by Gasteiger charge is -2.31. The monoisotopic (exact) mass is 401 g/mol. The van der Waals surface area contributed by atoms with Crippen molar-refractivity contribution in [1.82, 2.24) is 14.9 Å². The van der Waals surface area contributed by atoms with Gasteiger partial charge in [-0.25, -0.2) is 12.7 Å². The first kappa shape index (κ1) is 20.7. The van der Waals surface area contributed by atoms with Crippen molar-refractivity contribution in [2.45, 2.75) is 38.3 Å². The lowest BCUT2D eigenvalue weighted by molar-refractivity contribution is -0.128. The molecule has 1 atom stereocenters. The number of nitrogens with one attached hydrogen (secondary N) is 2. The maximum atomic E-state index is 12.6. The number of carbonyl (C=O) groups excluding carboxylic acids is 2. The first-order valence-corrected chi connectivity index (χ1v) is 10.7.